The van der Waals surface area contributed by atoms with Crippen molar-refractivity contribution >= 4 is 23.6 Å². The Morgan fingerprint density at radius 1 is 1.33 bits per heavy atom. The van der Waals surface area contributed by atoms with E-state index in [9.17, 15) is 4.79 Å². The van der Waals surface area contributed by atoms with E-state index in [1.165, 1.54) is 13.2 Å². The summed E-state index contributed by atoms with van der Waals surface area (Å²) in [7, 11) is 1.29. The molecular weight excluding hydrogens is 212 g/mol. The number of hydrogen-bond acceptors (Lipinski definition) is 2. The summed E-state index contributed by atoms with van der Waals surface area (Å²) in [5.41, 5.74) is 1.04. The van der Waals surface area contributed by atoms with Crippen LogP contribution in [0.4, 0.5) is 0 Å². The van der Waals surface area contributed by atoms with Crippen LogP contribution in [0, 0.1) is 0 Å². The predicted octanol–water partition coefficient (Wildman–Crippen LogP) is 3.00. The molecule has 0 unspecified atom stereocenters. The molecule has 0 amide bonds. The maximum absolute atomic E-state index is 10.9. The number of hydrogen-bond donors (Lipinski definition) is 0. The molecule has 78 valence electrons. The van der Waals surface area contributed by atoms with Crippen molar-refractivity contribution < 1.29 is 9.53 Å². The third-order valence-corrected chi connectivity index (χ3v) is 1.99. The first-order valence-electron chi connectivity index (χ1n) is 4.41. The van der Waals surface area contributed by atoms with Gasteiger partial charge in [0.2, 0.25) is 0 Å². The fourth-order valence-corrected chi connectivity index (χ4v) is 1.12. The number of allylic oxidation sites excluding steroid dienone is 2. The van der Waals surface area contributed by atoms with E-state index in [0.29, 0.717) is 0 Å². The molecular formula is C12H11ClO2. The van der Waals surface area contributed by atoms with E-state index in [0.717, 1.165) is 5.56 Å². The Morgan fingerprint density at radius 3 is 2.60 bits per heavy atom. The molecule has 0 radical (unpaired) electrons. The molecule has 0 N–H and O–H groups in total. The van der Waals surface area contributed by atoms with Crippen LogP contribution in [0.15, 0.2) is 47.5 Å². The van der Waals surface area contributed by atoms with E-state index in [1.54, 1.807) is 6.08 Å². The molecule has 0 aromatic heterocycles. The van der Waals surface area contributed by atoms with Crippen LogP contribution in [0.2, 0.25) is 0 Å². The van der Waals surface area contributed by atoms with E-state index >= 15 is 0 Å². The van der Waals surface area contributed by atoms with Crippen molar-refractivity contribution in [2.75, 3.05) is 7.11 Å². The fourth-order valence-electron chi connectivity index (χ4n) is 0.973. The van der Waals surface area contributed by atoms with Crippen molar-refractivity contribution in [3.05, 3.63) is 53.1 Å². The first-order chi connectivity index (χ1) is 7.24. The average Bonchev–Trinajstić information content (AvgIpc) is 2.29. The second kappa shape index (κ2) is 6.04. The molecule has 0 aliphatic carbocycles. The van der Waals surface area contributed by atoms with Gasteiger partial charge < -0.3 is 4.74 Å². The lowest BCUT2D eigenvalue weighted by Crippen LogP contribution is -1.98. The smallest absolute Gasteiger partial charge is 0.349 e. The molecule has 1 rings (SSSR count). The Labute approximate surface area is 93.8 Å². The molecule has 0 saturated heterocycles. The summed E-state index contributed by atoms with van der Waals surface area (Å²) in [6.07, 6.45) is 5.06. The Balaban J connectivity index is 2.64. The van der Waals surface area contributed by atoms with E-state index in [2.05, 4.69) is 4.74 Å². The van der Waals surface area contributed by atoms with Gasteiger partial charge in [-0.15, -0.1) is 0 Å². The molecule has 0 aliphatic rings. The molecule has 0 heterocycles. The number of carbonyl (C=O) groups excluding carboxylic acids is 1. The van der Waals surface area contributed by atoms with Gasteiger partial charge >= 0.3 is 5.97 Å². The third-order valence-electron chi connectivity index (χ3n) is 1.71. The molecule has 1 aromatic carbocycles. The zero-order chi connectivity index (χ0) is 11.1. The van der Waals surface area contributed by atoms with Gasteiger partial charge in [-0.25, -0.2) is 4.79 Å². The minimum atomic E-state index is -0.533. The van der Waals surface area contributed by atoms with Gasteiger partial charge in [0.1, 0.15) is 5.03 Å². The van der Waals surface area contributed by atoms with Gasteiger partial charge in [0.25, 0.3) is 0 Å². The molecule has 0 saturated carbocycles. The Bertz CT molecular complexity index is 380. The topological polar surface area (TPSA) is 26.3 Å². The Morgan fingerprint density at radius 2 is 2.00 bits per heavy atom. The van der Waals surface area contributed by atoms with Crippen LogP contribution in [0.1, 0.15) is 5.56 Å². The quantitative estimate of drug-likeness (QED) is 0.447. The van der Waals surface area contributed by atoms with Crippen LogP contribution < -0.4 is 0 Å². The fraction of sp³-hybridized carbons (Fsp3) is 0.0833. The van der Waals surface area contributed by atoms with E-state index in [-0.39, 0.29) is 5.03 Å². The van der Waals surface area contributed by atoms with Gasteiger partial charge in [-0.05, 0) is 11.6 Å². The lowest BCUT2D eigenvalue weighted by Gasteiger charge is -1.93. The van der Waals surface area contributed by atoms with E-state index < -0.39 is 5.97 Å². The van der Waals surface area contributed by atoms with Gasteiger partial charge in [0.05, 0.1) is 7.11 Å². The molecule has 0 atom stereocenters. The van der Waals surface area contributed by atoms with Gasteiger partial charge in [-0.3, -0.25) is 0 Å². The Kier molecular flexibility index (Phi) is 4.64. The number of ether oxygens (including phenoxy) is 1. The zero-order valence-corrected chi connectivity index (χ0v) is 9.07. The molecule has 0 spiro atoms. The van der Waals surface area contributed by atoms with Crippen molar-refractivity contribution in [1.29, 1.82) is 0 Å². The van der Waals surface area contributed by atoms with Crippen LogP contribution in [-0.2, 0) is 9.53 Å². The summed E-state index contributed by atoms with van der Waals surface area (Å²) in [5, 5.41) is 0.0599. The summed E-state index contributed by atoms with van der Waals surface area (Å²) < 4.78 is 4.44. The second-order valence-corrected chi connectivity index (χ2v) is 3.18. The number of esters is 1. The average molecular weight is 223 g/mol. The maximum atomic E-state index is 10.9. The third kappa shape index (κ3) is 4.00. The predicted molar refractivity (Wildman–Crippen MR) is 61.4 cm³/mol. The Hall–Kier alpha value is -1.54. The van der Waals surface area contributed by atoms with Crippen molar-refractivity contribution in [3.8, 4) is 0 Å². The molecule has 2 nitrogen and oxygen atoms in total. The summed E-state index contributed by atoms with van der Waals surface area (Å²) >= 11 is 5.63. The highest BCUT2D eigenvalue weighted by Gasteiger charge is 2.02. The van der Waals surface area contributed by atoms with Gasteiger partial charge in [0, 0.05) is 0 Å². The van der Waals surface area contributed by atoms with Crippen LogP contribution in [0.5, 0.6) is 0 Å². The zero-order valence-electron chi connectivity index (χ0n) is 8.31. The number of methoxy groups -OCH3 is 1. The highest BCUT2D eigenvalue weighted by Crippen LogP contribution is 2.06. The van der Waals surface area contributed by atoms with Crippen molar-refractivity contribution in [3.63, 3.8) is 0 Å². The standard InChI is InChI=1S/C12H11ClO2/c1-15-12(14)11(13)9-5-8-10-6-3-2-4-7-10/h2-9H,1H3. The number of carbonyl (C=O) groups is 1. The van der Waals surface area contributed by atoms with Gasteiger partial charge in [-0.2, -0.15) is 0 Å². The van der Waals surface area contributed by atoms with Crippen molar-refractivity contribution in [1.82, 2.24) is 0 Å². The molecule has 0 fully saturated rings. The van der Waals surface area contributed by atoms with Gasteiger partial charge in [-0.1, -0.05) is 54.1 Å². The highest BCUT2D eigenvalue weighted by molar-refractivity contribution is 6.41. The van der Waals surface area contributed by atoms with Crippen LogP contribution in [-0.4, -0.2) is 13.1 Å². The molecule has 15 heavy (non-hydrogen) atoms. The van der Waals surface area contributed by atoms with Crippen LogP contribution in [0.3, 0.4) is 0 Å². The second-order valence-electron chi connectivity index (χ2n) is 2.78. The maximum Gasteiger partial charge on any atom is 0.349 e. The summed E-state index contributed by atoms with van der Waals surface area (Å²) in [5.74, 6) is -0.533. The normalized spacial score (nSPS) is 11.7. The molecule has 0 bridgehead atoms. The van der Waals surface area contributed by atoms with E-state index in [1.807, 2.05) is 36.4 Å². The lowest BCUT2D eigenvalue weighted by molar-refractivity contribution is -0.135. The van der Waals surface area contributed by atoms with Gasteiger partial charge in [0.15, 0.2) is 0 Å². The summed E-state index contributed by atoms with van der Waals surface area (Å²) in [6.45, 7) is 0. The van der Waals surface area contributed by atoms with Crippen molar-refractivity contribution in [2.45, 2.75) is 0 Å². The monoisotopic (exact) mass is 222 g/mol. The minimum Gasteiger partial charge on any atom is -0.465 e. The number of rotatable bonds is 3. The van der Waals surface area contributed by atoms with E-state index in [4.69, 9.17) is 11.6 Å². The summed E-state index contributed by atoms with van der Waals surface area (Å²) in [6, 6.07) is 9.72. The SMILES string of the molecule is COC(=O)C(Cl)=CC=Cc1ccccc1. The van der Waals surface area contributed by atoms with Crippen LogP contribution >= 0.6 is 11.6 Å². The lowest BCUT2D eigenvalue weighted by atomic mass is 10.2. The highest BCUT2D eigenvalue weighted by atomic mass is 35.5. The largest absolute Gasteiger partial charge is 0.465 e. The van der Waals surface area contributed by atoms with Crippen LogP contribution in [0.25, 0.3) is 6.08 Å². The molecule has 0 aliphatic heterocycles. The molecule has 3 heteroatoms. The first kappa shape index (κ1) is 11.5. The summed E-state index contributed by atoms with van der Waals surface area (Å²) in [4.78, 5) is 10.9. The number of benzene rings is 1. The first-order valence-corrected chi connectivity index (χ1v) is 4.79. The van der Waals surface area contributed by atoms with Crippen molar-refractivity contribution in [2.24, 2.45) is 0 Å². The number of halogens is 1. The molecule has 1 aromatic rings. The minimum absolute atomic E-state index is 0.0599.